The van der Waals surface area contributed by atoms with Crippen molar-refractivity contribution in [2.45, 2.75) is 25.7 Å². The highest BCUT2D eigenvalue weighted by Crippen LogP contribution is 2.34. The molecule has 1 aromatic carbocycles. The molecule has 0 spiro atoms. The molecule has 3 aromatic rings. The molecule has 7 nitrogen and oxygen atoms in total. The molecule has 25 heavy (non-hydrogen) atoms. The number of benzene rings is 1. The summed E-state index contributed by atoms with van der Waals surface area (Å²) >= 11 is 0. The molecule has 1 aliphatic carbocycles. The van der Waals surface area contributed by atoms with Crippen molar-refractivity contribution in [3.63, 3.8) is 0 Å². The minimum Gasteiger partial charge on any atom is -0.383 e. The second kappa shape index (κ2) is 5.27. The van der Waals surface area contributed by atoms with Crippen molar-refractivity contribution in [2.24, 2.45) is 0 Å². The van der Waals surface area contributed by atoms with Crippen LogP contribution in [-0.2, 0) is 12.8 Å². The van der Waals surface area contributed by atoms with Gasteiger partial charge in [0.1, 0.15) is 5.82 Å². The number of rotatable bonds is 2. The summed E-state index contributed by atoms with van der Waals surface area (Å²) in [5.74, 6) is 1.45. The molecule has 0 atom stereocenters. The summed E-state index contributed by atoms with van der Waals surface area (Å²) in [6.45, 7) is 2.08. The summed E-state index contributed by atoms with van der Waals surface area (Å²) in [5.41, 5.74) is 17.0. The summed E-state index contributed by atoms with van der Waals surface area (Å²) in [6.07, 6.45) is 4.40. The van der Waals surface area contributed by atoms with E-state index in [4.69, 9.17) is 21.4 Å². The van der Waals surface area contributed by atoms with Gasteiger partial charge in [-0.1, -0.05) is 6.07 Å². The fourth-order valence-electron chi connectivity index (χ4n) is 3.64. The quantitative estimate of drug-likeness (QED) is 0.738. The van der Waals surface area contributed by atoms with Gasteiger partial charge < -0.3 is 16.4 Å². The Morgan fingerprint density at radius 1 is 0.920 bits per heavy atom. The highest BCUT2D eigenvalue weighted by atomic mass is 15.3. The first-order chi connectivity index (χ1) is 12.2. The molecule has 1 fully saturated rings. The Hall–Kier alpha value is -2.96. The smallest absolute Gasteiger partial charge is 0.226 e. The molecular weight excluding hydrogens is 314 g/mol. The van der Waals surface area contributed by atoms with Crippen LogP contribution in [0.3, 0.4) is 0 Å². The van der Waals surface area contributed by atoms with Gasteiger partial charge in [0, 0.05) is 35.3 Å². The molecule has 1 aliphatic heterocycles. The molecule has 0 radical (unpaired) electrons. The van der Waals surface area contributed by atoms with E-state index >= 15 is 0 Å². The average Bonchev–Trinajstić information content (AvgIpc) is 3.00. The van der Waals surface area contributed by atoms with E-state index in [9.17, 15) is 0 Å². The van der Waals surface area contributed by atoms with E-state index in [0.717, 1.165) is 60.5 Å². The van der Waals surface area contributed by atoms with E-state index in [-0.39, 0.29) is 5.95 Å². The Morgan fingerprint density at radius 3 is 2.60 bits per heavy atom. The second-order valence-corrected chi connectivity index (χ2v) is 6.69. The Balaban J connectivity index is 1.70. The number of aryl methyl sites for hydroxylation is 1. The molecule has 4 N–H and O–H groups in total. The highest BCUT2D eigenvalue weighted by molar-refractivity contribution is 5.92. The van der Waals surface area contributed by atoms with Crippen molar-refractivity contribution in [1.82, 2.24) is 19.9 Å². The minimum absolute atomic E-state index is 0.191. The third kappa shape index (κ3) is 2.26. The molecule has 0 bridgehead atoms. The van der Waals surface area contributed by atoms with Gasteiger partial charge in [-0.05, 0) is 37.8 Å². The van der Waals surface area contributed by atoms with Gasteiger partial charge in [-0.3, -0.25) is 0 Å². The molecule has 5 rings (SSSR count). The fourth-order valence-corrected chi connectivity index (χ4v) is 3.64. The molecule has 2 aliphatic rings. The standard InChI is InChI=1S/C18H19N7/c19-16-12-6-5-10(9-14(12)21-17(20)24-16)15-11-3-1-4-13(11)22-18(23-15)25-7-2-8-25/h5-6,9H,1-4,7-8H2,(H4,19,20,21,24). The number of fused-ring (bicyclic) bond motifs is 2. The summed E-state index contributed by atoms with van der Waals surface area (Å²) in [6, 6.07) is 6.00. The third-order valence-corrected chi connectivity index (χ3v) is 5.08. The van der Waals surface area contributed by atoms with Crippen LogP contribution < -0.4 is 16.4 Å². The minimum atomic E-state index is 0.191. The van der Waals surface area contributed by atoms with Gasteiger partial charge in [0.25, 0.3) is 0 Å². The number of nitrogen functional groups attached to an aromatic ring is 2. The van der Waals surface area contributed by atoms with Crippen LogP contribution in [0.4, 0.5) is 17.7 Å². The van der Waals surface area contributed by atoms with Crippen molar-refractivity contribution in [1.29, 1.82) is 0 Å². The van der Waals surface area contributed by atoms with Gasteiger partial charge in [-0.25, -0.2) is 15.0 Å². The van der Waals surface area contributed by atoms with Gasteiger partial charge in [0.15, 0.2) is 0 Å². The van der Waals surface area contributed by atoms with Gasteiger partial charge in [-0.2, -0.15) is 4.98 Å². The number of nitrogens with zero attached hydrogens (tertiary/aromatic N) is 5. The molecule has 3 heterocycles. The lowest BCUT2D eigenvalue weighted by Crippen LogP contribution is -2.38. The molecule has 0 amide bonds. The monoisotopic (exact) mass is 333 g/mol. The van der Waals surface area contributed by atoms with Crippen LogP contribution in [0.1, 0.15) is 24.1 Å². The molecular formula is C18H19N7. The Bertz CT molecular complexity index is 994. The SMILES string of the molecule is Nc1nc(N)c2ccc(-c3nc(N4CCC4)nc4c3CCC4)cc2n1. The molecule has 2 aromatic heterocycles. The highest BCUT2D eigenvalue weighted by Gasteiger charge is 2.24. The maximum Gasteiger partial charge on any atom is 0.226 e. The average molecular weight is 333 g/mol. The zero-order valence-corrected chi connectivity index (χ0v) is 13.9. The van der Waals surface area contributed by atoms with Crippen LogP contribution in [-0.4, -0.2) is 33.0 Å². The van der Waals surface area contributed by atoms with Crippen LogP contribution in [0.2, 0.25) is 0 Å². The zero-order valence-electron chi connectivity index (χ0n) is 13.9. The van der Waals surface area contributed by atoms with Gasteiger partial charge in [-0.15, -0.1) is 0 Å². The largest absolute Gasteiger partial charge is 0.383 e. The maximum atomic E-state index is 5.96. The normalized spacial score (nSPS) is 16.1. The lowest BCUT2D eigenvalue weighted by Gasteiger charge is -2.31. The Labute approximate surface area is 145 Å². The first kappa shape index (κ1) is 14.4. The first-order valence-electron chi connectivity index (χ1n) is 8.67. The van der Waals surface area contributed by atoms with Gasteiger partial charge in [0.05, 0.1) is 11.2 Å². The fraction of sp³-hybridized carbons (Fsp3) is 0.333. The topological polar surface area (TPSA) is 107 Å². The molecule has 0 saturated carbocycles. The molecule has 1 saturated heterocycles. The third-order valence-electron chi connectivity index (χ3n) is 5.08. The van der Waals surface area contributed by atoms with E-state index in [1.54, 1.807) is 0 Å². The van der Waals surface area contributed by atoms with E-state index < -0.39 is 0 Å². The number of hydrogen-bond acceptors (Lipinski definition) is 7. The van der Waals surface area contributed by atoms with Gasteiger partial charge >= 0.3 is 0 Å². The van der Waals surface area contributed by atoms with E-state index in [2.05, 4.69) is 14.9 Å². The molecule has 7 heteroatoms. The van der Waals surface area contributed by atoms with E-state index in [0.29, 0.717) is 5.82 Å². The van der Waals surface area contributed by atoms with Crippen molar-refractivity contribution in [2.75, 3.05) is 29.5 Å². The molecule has 126 valence electrons. The van der Waals surface area contributed by atoms with Gasteiger partial charge in [0.2, 0.25) is 11.9 Å². The van der Waals surface area contributed by atoms with Crippen LogP contribution in [0, 0.1) is 0 Å². The van der Waals surface area contributed by atoms with Crippen LogP contribution in [0.25, 0.3) is 22.2 Å². The van der Waals surface area contributed by atoms with Crippen LogP contribution >= 0.6 is 0 Å². The summed E-state index contributed by atoms with van der Waals surface area (Å²) in [7, 11) is 0. The zero-order chi connectivity index (χ0) is 17.0. The van der Waals surface area contributed by atoms with Crippen LogP contribution in [0.15, 0.2) is 18.2 Å². The Kier molecular flexibility index (Phi) is 3.03. The number of nitrogens with two attached hydrogens (primary N) is 2. The molecule has 0 unspecified atom stereocenters. The maximum absolute atomic E-state index is 5.96. The second-order valence-electron chi connectivity index (χ2n) is 6.69. The van der Waals surface area contributed by atoms with Crippen molar-refractivity contribution in [3.8, 4) is 11.3 Å². The van der Waals surface area contributed by atoms with Crippen molar-refractivity contribution in [3.05, 3.63) is 29.5 Å². The number of aromatic nitrogens is 4. The Morgan fingerprint density at radius 2 is 1.80 bits per heavy atom. The van der Waals surface area contributed by atoms with Crippen LogP contribution in [0.5, 0.6) is 0 Å². The number of hydrogen-bond donors (Lipinski definition) is 2. The lowest BCUT2D eigenvalue weighted by molar-refractivity contribution is 0.599. The van der Waals surface area contributed by atoms with Crippen molar-refractivity contribution < 1.29 is 0 Å². The van der Waals surface area contributed by atoms with E-state index in [1.807, 2.05) is 18.2 Å². The van der Waals surface area contributed by atoms with Crippen molar-refractivity contribution >= 4 is 28.6 Å². The summed E-state index contributed by atoms with van der Waals surface area (Å²) < 4.78 is 0. The predicted octanol–water partition coefficient (Wildman–Crippen LogP) is 1.95. The first-order valence-corrected chi connectivity index (χ1v) is 8.67. The predicted molar refractivity (Wildman–Crippen MR) is 98.2 cm³/mol. The lowest BCUT2D eigenvalue weighted by atomic mass is 10.0. The van der Waals surface area contributed by atoms with E-state index in [1.165, 1.54) is 17.7 Å². The summed E-state index contributed by atoms with van der Waals surface area (Å²) in [5, 5.41) is 0.812. The number of anilines is 3. The summed E-state index contributed by atoms with van der Waals surface area (Å²) in [4.78, 5) is 20.3.